The quantitative estimate of drug-likeness (QED) is 0.414. The van der Waals surface area contributed by atoms with Gasteiger partial charge < -0.3 is 9.84 Å². The summed E-state index contributed by atoms with van der Waals surface area (Å²) in [5.74, 6) is 4.68. The van der Waals surface area contributed by atoms with Crippen LogP contribution in [0.2, 0.25) is 0 Å². The van der Waals surface area contributed by atoms with Gasteiger partial charge in [0.1, 0.15) is 11.5 Å². The molecule has 4 rings (SSSR count). The Balaban J connectivity index is 1.90. The van der Waals surface area contributed by atoms with E-state index in [1.165, 1.54) is 47.9 Å². The molecule has 0 unspecified atom stereocenters. The highest BCUT2D eigenvalue weighted by atomic mass is 16.5. The number of aromatic hydroxyl groups is 1. The van der Waals surface area contributed by atoms with Crippen molar-refractivity contribution in [1.29, 1.82) is 0 Å². The van der Waals surface area contributed by atoms with Gasteiger partial charge in [-0.3, -0.25) is 0 Å². The summed E-state index contributed by atoms with van der Waals surface area (Å²) in [5, 5.41) is 11.2. The van der Waals surface area contributed by atoms with E-state index >= 15 is 0 Å². The third-order valence-electron chi connectivity index (χ3n) is 7.89. The number of hydrogen-bond donors (Lipinski definition) is 1. The van der Waals surface area contributed by atoms with Gasteiger partial charge in [-0.2, -0.15) is 0 Å². The molecule has 2 aromatic rings. The monoisotopic (exact) mass is 448 g/mol. The molecule has 2 atom stereocenters. The predicted molar refractivity (Wildman–Crippen MR) is 140 cm³/mol. The summed E-state index contributed by atoms with van der Waals surface area (Å²) >= 11 is 0. The molecule has 180 valence electrons. The molecular weight excluding hydrogens is 404 g/mol. The minimum Gasteiger partial charge on any atom is -0.507 e. The maximum absolute atomic E-state index is 11.2. The van der Waals surface area contributed by atoms with Crippen molar-refractivity contribution in [2.45, 2.75) is 111 Å². The van der Waals surface area contributed by atoms with E-state index in [9.17, 15) is 5.11 Å². The van der Waals surface area contributed by atoms with Gasteiger partial charge in [0.05, 0.1) is 6.10 Å². The minimum atomic E-state index is 0.158. The number of benzene rings is 2. The van der Waals surface area contributed by atoms with Gasteiger partial charge in [-0.05, 0) is 133 Å². The van der Waals surface area contributed by atoms with Gasteiger partial charge in [0.2, 0.25) is 0 Å². The van der Waals surface area contributed by atoms with E-state index in [0.717, 1.165) is 22.8 Å². The number of rotatable bonds is 9. The molecule has 2 aliphatic rings. The maximum atomic E-state index is 11.2. The van der Waals surface area contributed by atoms with E-state index in [1.54, 1.807) is 0 Å². The summed E-state index contributed by atoms with van der Waals surface area (Å²) in [6.45, 7) is 17.8. The molecule has 0 bridgehead atoms. The van der Waals surface area contributed by atoms with Crippen LogP contribution in [0.4, 0.5) is 0 Å². The standard InChI is InChI=1S/C31H44O2/c1-17(2)26-13-24(15-28(30(26)32)20(7)22-9-10-22)25-14-27(18(3)4)31(33-19(5)6)29(16-25)21(8)23-11-12-23/h13-23,32H,9-12H2,1-8H3/t20-,21-/m1/s1. The zero-order valence-corrected chi connectivity index (χ0v) is 22.0. The lowest BCUT2D eigenvalue weighted by molar-refractivity contribution is 0.235. The Morgan fingerprint density at radius 2 is 1.06 bits per heavy atom. The van der Waals surface area contributed by atoms with Crippen molar-refractivity contribution in [2.75, 3.05) is 0 Å². The first kappa shape index (κ1) is 24.2. The Kier molecular flexibility index (Phi) is 6.85. The van der Waals surface area contributed by atoms with Crippen molar-refractivity contribution in [3.8, 4) is 22.6 Å². The second-order valence-electron chi connectivity index (χ2n) is 11.7. The van der Waals surface area contributed by atoms with Gasteiger partial charge in [-0.25, -0.2) is 0 Å². The van der Waals surface area contributed by atoms with Crippen LogP contribution in [-0.2, 0) is 0 Å². The Hall–Kier alpha value is -1.96. The Morgan fingerprint density at radius 1 is 0.636 bits per heavy atom. The van der Waals surface area contributed by atoms with Crippen molar-refractivity contribution in [1.82, 2.24) is 0 Å². The van der Waals surface area contributed by atoms with Gasteiger partial charge in [-0.1, -0.05) is 41.5 Å². The van der Waals surface area contributed by atoms with Crippen molar-refractivity contribution >= 4 is 0 Å². The van der Waals surface area contributed by atoms with Crippen molar-refractivity contribution in [3.05, 3.63) is 46.5 Å². The SMILES string of the molecule is CC(C)Oc1c(C(C)C)cc(-c2cc(C(C)C)c(O)c([C@H](C)C3CC3)c2)cc1[C@H](C)C1CC1. The lowest BCUT2D eigenvalue weighted by atomic mass is 9.84. The third kappa shape index (κ3) is 5.10. The topological polar surface area (TPSA) is 29.5 Å². The zero-order valence-electron chi connectivity index (χ0n) is 22.0. The van der Waals surface area contributed by atoms with E-state index in [0.29, 0.717) is 29.4 Å². The molecule has 0 amide bonds. The van der Waals surface area contributed by atoms with Crippen LogP contribution in [0.25, 0.3) is 11.1 Å². The molecule has 0 spiro atoms. The highest BCUT2D eigenvalue weighted by Crippen LogP contribution is 2.50. The summed E-state index contributed by atoms with van der Waals surface area (Å²) < 4.78 is 6.47. The summed E-state index contributed by atoms with van der Waals surface area (Å²) in [4.78, 5) is 0. The first-order chi connectivity index (χ1) is 15.6. The second kappa shape index (κ2) is 9.35. The molecule has 1 N–H and O–H groups in total. The van der Waals surface area contributed by atoms with Crippen LogP contribution in [0.1, 0.15) is 127 Å². The molecule has 2 aromatic carbocycles. The molecular formula is C31H44O2. The third-order valence-corrected chi connectivity index (χ3v) is 7.89. The number of phenolic OH excluding ortho intramolecular Hbond substituents is 1. The lowest BCUT2D eigenvalue weighted by Gasteiger charge is -2.26. The van der Waals surface area contributed by atoms with Crippen LogP contribution in [0.3, 0.4) is 0 Å². The van der Waals surface area contributed by atoms with Gasteiger partial charge >= 0.3 is 0 Å². The van der Waals surface area contributed by atoms with Crippen molar-refractivity contribution < 1.29 is 9.84 Å². The van der Waals surface area contributed by atoms with Gasteiger partial charge in [-0.15, -0.1) is 0 Å². The highest BCUT2D eigenvalue weighted by Gasteiger charge is 2.34. The number of phenols is 1. The van der Waals surface area contributed by atoms with E-state index in [4.69, 9.17) is 4.74 Å². The van der Waals surface area contributed by atoms with Gasteiger partial charge in [0.25, 0.3) is 0 Å². The normalized spacial score (nSPS) is 18.3. The average molecular weight is 449 g/mol. The molecule has 2 fully saturated rings. The van der Waals surface area contributed by atoms with Crippen LogP contribution in [0.5, 0.6) is 11.5 Å². The summed E-state index contributed by atoms with van der Waals surface area (Å²) in [6.07, 6.45) is 5.37. The highest BCUT2D eigenvalue weighted by molar-refractivity contribution is 5.72. The first-order valence-corrected chi connectivity index (χ1v) is 13.3. The smallest absolute Gasteiger partial charge is 0.126 e. The van der Waals surface area contributed by atoms with Crippen LogP contribution >= 0.6 is 0 Å². The fourth-order valence-electron chi connectivity index (χ4n) is 5.31. The Labute approximate surface area is 201 Å². The minimum absolute atomic E-state index is 0.158. The summed E-state index contributed by atoms with van der Waals surface area (Å²) in [7, 11) is 0. The van der Waals surface area contributed by atoms with Crippen LogP contribution < -0.4 is 4.74 Å². The molecule has 2 heteroatoms. The van der Waals surface area contributed by atoms with Gasteiger partial charge in [0, 0.05) is 0 Å². The van der Waals surface area contributed by atoms with E-state index in [-0.39, 0.29) is 12.0 Å². The lowest BCUT2D eigenvalue weighted by Crippen LogP contribution is -2.12. The average Bonchev–Trinajstić information content (AvgIpc) is 3.64. The molecule has 0 aromatic heterocycles. The molecule has 0 saturated heterocycles. The molecule has 2 nitrogen and oxygen atoms in total. The zero-order chi connectivity index (χ0) is 24.0. The second-order valence-corrected chi connectivity index (χ2v) is 11.7. The number of hydrogen-bond acceptors (Lipinski definition) is 2. The Morgan fingerprint density at radius 3 is 1.52 bits per heavy atom. The van der Waals surface area contributed by atoms with Crippen LogP contribution in [-0.4, -0.2) is 11.2 Å². The van der Waals surface area contributed by atoms with E-state index in [1.807, 2.05) is 0 Å². The fourth-order valence-corrected chi connectivity index (χ4v) is 5.31. The fraction of sp³-hybridized carbons (Fsp3) is 0.613. The molecule has 0 heterocycles. The number of ether oxygens (including phenoxy) is 1. The molecule has 33 heavy (non-hydrogen) atoms. The summed E-state index contributed by atoms with van der Waals surface area (Å²) in [6, 6.07) is 9.26. The predicted octanol–water partition coefficient (Wildman–Crippen LogP) is 9.12. The van der Waals surface area contributed by atoms with E-state index < -0.39 is 0 Å². The first-order valence-electron chi connectivity index (χ1n) is 13.3. The molecule has 0 aliphatic heterocycles. The molecule has 2 saturated carbocycles. The molecule has 2 aliphatic carbocycles. The van der Waals surface area contributed by atoms with Gasteiger partial charge in [0.15, 0.2) is 0 Å². The molecule has 0 radical (unpaired) electrons. The van der Waals surface area contributed by atoms with Crippen molar-refractivity contribution in [3.63, 3.8) is 0 Å². The summed E-state index contributed by atoms with van der Waals surface area (Å²) in [5.41, 5.74) is 7.37. The van der Waals surface area contributed by atoms with Crippen LogP contribution in [0, 0.1) is 11.8 Å². The van der Waals surface area contributed by atoms with Crippen molar-refractivity contribution in [2.24, 2.45) is 11.8 Å². The van der Waals surface area contributed by atoms with E-state index in [2.05, 4.69) is 79.7 Å². The largest absolute Gasteiger partial charge is 0.507 e. The maximum Gasteiger partial charge on any atom is 0.126 e. The van der Waals surface area contributed by atoms with Crippen LogP contribution in [0.15, 0.2) is 24.3 Å². The Bertz CT molecular complexity index is 992.